The fourth-order valence-electron chi connectivity index (χ4n) is 3.70. The van der Waals surface area contributed by atoms with Gasteiger partial charge in [-0.1, -0.05) is 19.3 Å². The van der Waals surface area contributed by atoms with E-state index in [-0.39, 0.29) is 12.0 Å². The van der Waals surface area contributed by atoms with E-state index in [0.29, 0.717) is 18.2 Å². The minimum absolute atomic E-state index is 0.0780. The van der Waals surface area contributed by atoms with Crippen LogP contribution in [-0.2, 0) is 4.74 Å². The first-order chi connectivity index (χ1) is 12.7. The molecule has 1 N–H and O–H groups in total. The van der Waals surface area contributed by atoms with Crippen molar-refractivity contribution < 1.29 is 14.3 Å². The zero-order valence-corrected chi connectivity index (χ0v) is 15.6. The molecule has 1 aliphatic carbocycles. The first-order valence-corrected chi connectivity index (χ1v) is 9.75. The van der Waals surface area contributed by atoms with Gasteiger partial charge < -0.3 is 19.9 Å². The average Bonchev–Trinajstić information content (AvgIpc) is 2.69. The van der Waals surface area contributed by atoms with Crippen LogP contribution in [0.15, 0.2) is 24.3 Å². The number of carbonyl (C=O) groups excluding carboxylic acids is 2. The lowest BCUT2D eigenvalue weighted by molar-refractivity contribution is 0.0526. The highest BCUT2D eigenvalue weighted by molar-refractivity contribution is 5.89. The Hall–Kier alpha value is -2.24. The number of nitrogens with zero attached hydrogens (tertiary/aromatic N) is 2. The van der Waals surface area contributed by atoms with Crippen LogP contribution in [0.4, 0.5) is 10.5 Å². The van der Waals surface area contributed by atoms with Crippen LogP contribution < -0.4 is 10.2 Å². The molecule has 1 aromatic rings. The van der Waals surface area contributed by atoms with Crippen LogP contribution in [0.3, 0.4) is 0 Å². The molecule has 1 saturated heterocycles. The number of ether oxygens (including phenoxy) is 1. The number of nitrogens with one attached hydrogen (secondary N) is 1. The van der Waals surface area contributed by atoms with Crippen molar-refractivity contribution in [3.05, 3.63) is 29.8 Å². The van der Waals surface area contributed by atoms with Gasteiger partial charge in [-0.25, -0.2) is 9.59 Å². The van der Waals surface area contributed by atoms with Crippen LogP contribution in [0.2, 0.25) is 0 Å². The molecule has 0 bridgehead atoms. The van der Waals surface area contributed by atoms with Crippen LogP contribution in [-0.4, -0.2) is 55.7 Å². The Bertz CT molecular complexity index is 603. The maximum atomic E-state index is 12.4. The summed E-state index contributed by atoms with van der Waals surface area (Å²) >= 11 is 0. The molecule has 3 rings (SSSR count). The molecule has 2 fully saturated rings. The van der Waals surface area contributed by atoms with Crippen LogP contribution in [0.1, 0.15) is 49.4 Å². The summed E-state index contributed by atoms with van der Waals surface area (Å²) < 4.78 is 5.01. The fraction of sp³-hybridized carbons (Fsp3) is 0.600. The largest absolute Gasteiger partial charge is 0.462 e. The van der Waals surface area contributed by atoms with E-state index in [2.05, 4.69) is 10.2 Å². The van der Waals surface area contributed by atoms with E-state index >= 15 is 0 Å². The first-order valence-electron chi connectivity index (χ1n) is 9.75. The van der Waals surface area contributed by atoms with Gasteiger partial charge in [0.15, 0.2) is 0 Å². The zero-order valence-electron chi connectivity index (χ0n) is 15.6. The lowest BCUT2D eigenvalue weighted by Crippen LogP contribution is -2.53. The summed E-state index contributed by atoms with van der Waals surface area (Å²) in [6.45, 7) is 5.23. The summed E-state index contributed by atoms with van der Waals surface area (Å²) in [4.78, 5) is 28.3. The molecule has 1 saturated carbocycles. The molecule has 0 unspecified atom stereocenters. The number of hydrogen-bond acceptors (Lipinski definition) is 4. The number of esters is 1. The molecule has 26 heavy (non-hydrogen) atoms. The first kappa shape index (κ1) is 18.5. The van der Waals surface area contributed by atoms with Gasteiger partial charge in [-0.3, -0.25) is 0 Å². The SMILES string of the molecule is CCOC(=O)c1ccc(N2CCN(C(=O)NC3CCCCC3)CC2)cc1. The van der Waals surface area contributed by atoms with E-state index in [1.165, 1.54) is 19.3 Å². The summed E-state index contributed by atoms with van der Waals surface area (Å²) in [6, 6.07) is 7.93. The topological polar surface area (TPSA) is 61.9 Å². The summed E-state index contributed by atoms with van der Waals surface area (Å²) in [7, 11) is 0. The summed E-state index contributed by atoms with van der Waals surface area (Å²) in [5, 5.41) is 3.19. The molecule has 2 aliphatic rings. The number of rotatable bonds is 4. The van der Waals surface area contributed by atoms with E-state index in [4.69, 9.17) is 4.74 Å². The molecule has 1 heterocycles. The van der Waals surface area contributed by atoms with Crippen molar-refractivity contribution in [2.45, 2.75) is 45.1 Å². The van der Waals surface area contributed by atoms with Crippen molar-refractivity contribution >= 4 is 17.7 Å². The Kier molecular flexibility index (Phi) is 6.36. The van der Waals surface area contributed by atoms with Crippen molar-refractivity contribution in [2.24, 2.45) is 0 Å². The maximum absolute atomic E-state index is 12.4. The Morgan fingerprint density at radius 1 is 1.04 bits per heavy atom. The second-order valence-corrected chi connectivity index (χ2v) is 7.03. The summed E-state index contributed by atoms with van der Waals surface area (Å²) in [5.41, 5.74) is 1.64. The van der Waals surface area contributed by atoms with E-state index in [0.717, 1.165) is 44.7 Å². The third-order valence-corrected chi connectivity index (χ3v) is 5.24. The molecule has 0 radical (unpaired) electrons. The molecule has 6 heteroatoms. The normalized spacial score (nSPS) is 18.5. The molecule has 0 aromatic heterocycles. The number of benzene rings is 1. The molecule has 6 nitrogen and oxygen atoms in total. The molecular formula is C20H29N3O3. The van der Waals surface area contributed by atoms with Gasteiger partial charge in [0.05, 0.1) is 12.2 Å². The monoisotopic (exact) mass is 359 g/mol. The van der Waals surface area contributed by atoms with Gasteiger partial charge in [-0.2, -0.15) is 0 Å². The Morgan fingerprint density at radius 2 is 1.69 bits per heavy atom. The molecule has 142 valence electrons. The fourth-order valence-corrected chi connectivity index (χ4v) is 3.70. The minimum Gasteiger partial charge on any atom is -0.462 e. The Labute approximate surface area is 155 Å². The number of urea groups is 1. The quantitative estimate of drug-likeness (QED) is 0.840. The number of carbonyl (C=O) groups is 2. The third-order valence-electron chi connectivity index (χ3n) is 5.24. The van der Waals surface area contributed by atoms with Gasteiger partial charge >= 0.3 is 12.0 Å². The van der Waals surface area contributed by atoms with Gasteiger partial charge in [-0.15, -0.1) is 0 Å². The predicted octanol–water partition coefficient (Wildman–Crippen LogP) is 3.03. The highest BCUT2D eigenvalue weighted by Crippen LogP contribution is 2.20. The highest BCUT2D eigenvalue weighted by atomic mass is 16.5. The molecule has 1 aromatic carbocycles. The average molecular weight is 359 g/mol. The van der Waals surface area contributed by atoms with Gasteiger partial charge in [-0.05, 0) is 44.0 Å². The third kappa shape index (κ3) is 4.68. The lowest BCUT2D eigenvalue weighted by Gasteiger charge is -2.37. The van der Waals surface area contributed by atoms with Crippen LogP contribution in [0.25, 0.3) is 0 Å². The van der Waals surface area contributed by atoms with E-state index in [9.17, 15) is 9.59 Å². The Morgan fingerprint density at radius 3 is 2.31 bits per heavy atom. The second-order valence-electron chi connectivity index (χ2n) is 7.03. The van der Waals surface area contributed by atoms with Gasteiger partial charge in [0.25, 0.3) is 0 Å². The van der Waals surface area contributed by atoms with E-state index in [1.54, 1.807) is 19.1 Å². The van der Waals surface area contributed by atoms with E-state index in [1.807, 2.05) is 17.0 Å². The summed E-state index contributed by atoms with van der Waals surface area (Å²) in [5.74, 6) is -0.289. The zero-order chi connectivity index (χ0) is 18.4. The van der Waals surface area contributed by atoms with Gasteiger partial charge in [0, 0.05) is 37.9 Å². The van der Waals surface area contributed by atoms with Crippen LogP contribution >= 0.6 is 0 Å². The smallest absolute Gasteiger partial charge is 0.338 e. The van der Waals surface area contributed by atoms with Crippen LogP contribution in [0.5, 0.6) is 0 Å². The molecule has 0 spiro atoms. The van der Waals surface area contributed by atoms with Crippen molar-refractivity contribution in [3.8, 4) is 0 Å². The minimum atomic E-state index is -0.289. The van der Waals surface area contributed by atoms with Crippen molar-refractivity contribution in [2.75, 3.05) is 37.7 Å². The molecular weight excluding hydrogens is 330 g/mol. The van der Waals surface area contributed by atoms with Gasteiger partial charge in [0.1, 0.15) is 0 Å². The van der Waals surface area contributed by atoms with Crippen molar-refractivity contribution in [1.29, 1.82) is 0 Å². The van der Waals surface area contributed by atoms with Crippen molar-refractivity contribution in [1.82, 2.24) is 10.2 Å². The number of amides is 2. The highest BCUT2D eigenvalue weighted by Gasteiger charge is 2.24. The van der Waals surface area contributed by atoms with Crippen molar-refractivity contribution in [3.63, 3.8) is 0 Å². The lowest BCUT2D eigenvalue weighted by atomic mass is 9.96. The van der Waals surface area contributed by atoms with Crippen LogP contribution in [0, 0.1) is 0 Å². The summed E-state index contributed by atoms with van der Waals surface area (Å²) in [6.07, 6.45) is 5.96. The Balaban J connectivity index is 1.48. The van der Waals surface area contributed by atoms with E-state index < -0.39 is 0 Å². The maximum Gasteiger partial charge on any atom is 0.338 e. The standard InChI is InChI=1S/C20H29N3O3/c1-2-26-19(24)16-8-10-18(11-9-16)22-12-14-23(15-13-22)20(25)21-17-6-4-3-5-7-17/h8-11,17H,2-7,12-15H2,1H3,(H,21,25). The predicted molar refractivity (Wildman–Crippen MR) is 102 cm³/mol. The second kappa shape index (κ2) is 8.92. The molecule has 1 aliphatic heterocycles. The number of hydrogen-bond donors (Lipinski definition) is 1. The molecule has 0 atom stereocenters. The molecule has 2 amide bonds. The number of piperazine rings is 1. The number of anilines is 1. The van der Waals surface area contributed by atoms with Gasteiger partial charge in [0.2, 0.25) is 0 Å².